The van der Waals surface area contributed by atoms with E-state index in [9.17, 15) is 14.4 Å². The van der Waals surface area contributed by atoms with E-state index in [1.54, 1.807) is 25.7 Å². The number of alkyl halides is 3. The van der Waals surface area contributed by atoms with Gasteiger partial charge in [0.15, 0.2) is 0 Å². The number of para-hydroxylation sites is 1. The zero-order valence-corrected chi connectivity index (χ0v) is 28.4. The predicted molar refractivity (Wildman–Crippen MR) is 180 cm³/mol. The van der Waals surface area contributed by atoms with Crippen LogP contribution in [0, 0.1) is 5.82 Å². The number of aryl methyl sites for hydroxylation is 2. The molecule has 11 nitrogen and oxygen atoms in total. The van der Waals surface area contributed by atoms with Gasteiger partial charge >= 0.3 is 12.3 Å². The highest BCUT2D eigenvalue weighted by atomic mass is 19.4. The number of hydrogen-bond donors (Lipinski definition) is 1. The summed E-state index contributed by atoms with van der Waals surface area (Å²) in [5.41, 5.74) is 1.48. The van der Waals surface area contributed by atoms with E-state index in [1.807, 2.05) is 13.8 Å². The minimum atomic E-state index is -5.17. The number of halogens is 4. The van der Waals surface area contributed by atoms with Crippen molar-refractivity contribution in [2.75, 3.05) is 36.9 Å². The molecular formula is C35H38F4N6O5. The molecule has 1 atom stereocenters. The average molecular weight is 699 g/mol. The van der Waals surface area contributed by atoms with Gasteiger partial charge in [0.25, 0.3) is 11.1 Å². The highest BCUT2D eigenvalue weighted by molar-refractivity contribution is 5.97. The zero-order chi connectivity index (χ0) is 36.3. The van der Waals surface area contributed by atoms with Gasteiger partial charge in [0.05, 0.1) is 29.7 Å². The quantitative estimate of drug-likeness (QED) is 0.216. The molecule has 5 heterocycles. The Labute approximate surface area is 284 Å². The van der Waals surface area contributed by atoms with Crippen LogP contribution in [0.25, 0.3) is 22.3 Å². The van der Waals surface area contributed by atoms with E-state index in [0.29, 0.717) is 30.4 Å². The number of amides is 1. The normalized spacial score (nSPS) is 16.5. The largest absolute Gasteiger partial charge is 0.486 e. The molecule has 2 N–H and O–H groups in total. The Morgan fingerprint density at radius 2 is 1.68 bits per heavy atom. The molecule has 0 unspecified atom stereocenters. The fraction of sp³-hybridized carbons (Fsp3) is 0.429. The summed E-state index contributed by atoms with van der Waals surface area (Å²) in [6.45, 7) is 9.21. The molecule has 1 saturated heterocycles. The number of piperazine rings is 1. The van der Waals surface area contributed by atoms with E-state index in [2.05, 4.69) is 4.98 Å². The molecule has 0 spiro atoms. The van der Waals surface area contributed by atoms with E-state index in [-0.39, 0.29) is 53.3 Å². The molecule has 0 saturated carbocycles. The van der Waals surface area contributed by atoms with Crippen molar-refractivity contribution in [2.24, 2.45) is 0 Å². The molecule has 15 heteroatoms. The van der Waals surface area contributed by atoms with Crippen molar-refractivity contribution in [1.82, 2.24) is 19.0 Å². The summed E-state index contributed by atoms with van der Waals surface area (Å²) in [4.78, 5) is 50.1. The zero-order valence-electron chi connectivity index (χ0n) is 28.4. The number of carbonyl (C=O) groups is 1. The number of nitrogen functional groups attached to an aromatic ring is 1. The molecule has 0 bridgehead atoms. The predicted octanol–water partition coefficient (Wildman–Crippen LogP) is 5.61. The Kier molecular flexibility index (Phi) is 8.81. The molecule has 2 aliphatic rings. The van der Waals surface area contributed by atoms with E-state index in [0.717, 1.165) is 16.7 Å². The summed E-state index contributed by atoms with van der Waals surface area (Å²) < 4.78 is 73.6. The number of carbonyl (C=O) groups excluding carboxylic acids is 1. The Morgan fingerprint density at radius 1 is 1.00 bits per heavy atom. The average Bonchev–Trinajstić information content (AvgIpc) is 3.24. The summed E-state index contributed by atoms with van der Waals surface area (Å²) in [6, 6.07) is 3.56. The monoisotopic (exact) mass is 698 g/mol. The van der Waals surface area contributed by atoms with E-state index in [4.69, 9.17) is 15.2 Å². The lowest BCUT2D eigenvalue weighted by molar-refractivity contribution is -0.142. The van der Waals surface area contributed by atoms with Gasteiger partial charge in [0.1, 0.15) is 28.3 Å². The van der Waals surface area contributed by atoms with Crippen LogP contribution in [-0.4, -0.2) is 63.0 Å². The van der Waals surface area contributed by atoms with Crippen LogP contribution in [0.15, 0.2) is 46.2 Å². The molecule has 266 valence electrons. The number of anilines is 2. The number of benzene rings is 1. The second kappa shape index (κ2) is 12.7. The lowest BCUT2D eigenvalue weighted by atomic mass is 10.0. The van der Waals surface area contributed by atoms with Gasteiger partial charge in [0, 0.05) is 43.8 Å². The molecule has 3 aromatic heterocycles. The van der Waals surface area contributed by atoms with Crippen molar-refractivity contribution in [3.8, 4) is 17.1 Å². The number of fused-ring (bicyclic) bond motifs is 5. The topological polar surface area (TPSA) is 125 Å². The number of nitrogens with two attached hydrogens (primary N) is 1. The van der Waals surface area contributed by atoms with Gasteiger partial charge in [-0.15, -0.1) is 0 Å². The minimum Gasteiger partial charge on any atom is -0.486 e. The van der Waals surface area contributed by atoms with Crippen molar-refractivity contribution in [1.29, 1.82) is 0 Å². The van der Waals surface area contributed by atoms with Gasteiger partial charge in [-0.3, -0.25) is 23.7 Å². The summed E-state index contributed by atoms with van der Waals surface area (Å²) in [7, 11) is 0. The maximum absolute atomic E-state index is 15.4. The van der Waals surface area contributed by atoms with Crippen LogP contribution >= 0.6 is 0 Å². The summed E-state index contributed by atoms with van der Waals surface area (Å²) >= 11 is 0. The first-order chi connectivity index (χ1) is 23.6. The highest BCUT2D eigenvalue weighted by Gasteiger charge is 2.41. The number of aromatic nitrogens is 3. The third-order valence-corrected chi connectivity index (χ3v) is 8.98. The first-order valence-corrected chi connectivity index (χ1v) is 16.4. The Balaban J connectivity index is 1.74. The van der Waals surface area contributed by atoms with Crippen molar-refractivity contribution in [3.63, 3.8) is 0 Å². The fourth-order valence-corrected chi connectivity index (χ4v) is 6.79. The minimum absolute atomic E-state index is 0.00361. The summed E-state index contributed by atoms with van der Waals surface area (Å²) in [6.07, 6.45) is -1.62. The fourth-order valence-electron chi connectivity index (χ4n) is 6.79. The van der Waals surface area contributed by atoms with Crippen LogP contribution < -0.4 is 26.5 Å². The summed E-state index contributed by atoms with van der Waals surface area (Å²) in [5.74, 6) is -1.39. The first-order valence-electron chi connectivity index (χ1n) is 16.4. The lowest BCUT2D eigenvalue weighted by Gasteiger charge is -2.42. The van der Waals surface area contributed by atoms with Crippen LogP contribution in [0.3, 0.4) is 0 Å². The van der Waals surface area contributed by atoms with Gasteiger partial charge < -0.3 is 25.0 Å². The molecule has 1 fully saturated rings. The Morgan fingerprint density at radius 3 is 2.28 bits per heavy atom. The molecule has 1 aromatic carbocycles. The molecule has 6 rings (SSSR count). The van der Waals surface area contributed by atoms with Crippen molar-refractivity contribution in [2.45, 2.75) is 71.7 Å². The van der Waals surface area contributed by atoms with Crippen LogP contribution in [0.5, 0.6) is 5.75 Å². The first kappa shape index (κ1) is 34.8. The molecule has 2 aliphatic heterocycles. The number of ether oxygens (including phenoxy) is 2. The van der Waals surface area contributed by atoms with Gasteiger partial charge in [-0.05, 0) is 62.9 Å². The van der Waals surface area contributed by atoms with Crippen molar-refractivity contribution >= 4 is 28.4 Å². The molecule has 0 radical (unpaired) electrons. The van der Waals surface area contributed by atoms with Gasteiger partial charge in [0.2, 0.25) is 5.75 Å². The molecule has 4 aromatic rings. The molecular weight excluding hydrogens is 660 g/mol. The summed E-state index contributed by atoms with van der Waals surface area (Å²) in [5, 5.41) is -0.221. The second-order valence-electron chi connectivity index (χ2n) is 13.4. The van der Waals surface area contributed by atoms with E-state index >= 15 is 17.6 Å². The SMILES string of the molecule is CCc1cncc(CC)c1-n1c(=O)c2c(c3cc(C(F)(F)F)n(-c4c(N)cccc4F)c(=O)c31)N1CCN(C(=O)OC(C)(C)C)C[C@@H]1CCO2. The maximum Gasteiger partial charge on any atom is 0.431 e. The van der Waals surface area contributed by atoms with Crippen LogP contribution in [0.2, 0.25) is 0 Å². The number of rotatable bonds is 4. The Hall–Kier alpha value is -5.08. The number of nitrogens with zero attached hydrogens (tertiary/aromatic N) is 5. The van der Waals surface area contributed by atoms with Gasteiger partial charge in [-0.25, -0.2) is 9.18 Å². The second-order valence-corrected chi connectivity index (χ2v) is 13.4. The standard InChI is InChI=1S/C35H38F4N6O5/c1-6-19-16-41-17-20(7-2)26(19)45-28-22(15-25(35(37,38)39)44(31(28)46)29-23(36)9-8-10-24(29)40)27-30(32(45)47)49-14-11-21-18-42(12-13-43(21)27)33(48)50-34(3,4)5/h8-10,15-17,21H,6-7,11-14,18,40H2,1-5H3/t21-/m0/s1. The van der Waals surface area contributed by atoms with Crippen LogP contribution in [-0.2, 0) is 23.8 Å². The smallest absolute Gasteiger partial charge is 0.431 e. The molecule has 0 aliphatic carbocycles. The van der Waals surface area contributed by atoms with E-state index in [1.165, 1.54) is 29.4 Å². The highest BCUT2D eigenvalue weighted by Crippen LogP contribution is 2.42. The Bertz CT molecular complexity index is 2080. The molecule has 1 amide bonds. The van der Waals surface area contributed by atoms with Gasteiger partial charge in [-0.2, -0.15) is 13.2 Å². The van der Waals surface area contributed by atoms with Crippen molar-refractivity contribution < 1.29 is 31.8 Å². The number of pyridine rings is 3. The van der Waals surface area contributed by atoms with E-state index < -0.39 is 63.4 Å². The third kappa shape index (κ3) is 5.92. The number of hydrogen-bond acceptors (Lipinski definition) is 8. The van der Waals surface area contributed by atoms with Crippen LogP contribution in [0.1, 0.15) is 57.9 Å². The van der Waals surface area contributed by atoms with Gasteiger partial charge in [-0.1, -0.05) is 19.9 Å². The lowest BCUT2D eigenvalue weighted by Crippen LogP contribution is -2.55. The van der Waals surface area contributed by atoms with Crippen molar-refractivity contribution in [3.05, 3.63) is 80.0 Å². The molecule has 50 heavy (non-hydrogen) atoms. The van der Waals surface area contributed by atoms with Crippen LogP contribution in [0.4, 0.5) is 33.7 Å². The maximum atomic E-state index is 15.4. The third-order valence-electron chi connectivity index (χ3n) is 8.98.